The molecule has 1 aromatic rings. The van der Waals surface area contributed by atoms with Gasteiger partial charge in [-0.1, -0.05) is 20.3 Å². The van der Waals surface area contributed by atoms with Crippen LogP contribution in [0.15, 0.2) is 0 Å². The Labute approximate surface area is 128 Å². The predicted octanol–water partition coefficient (Wildman–Crippen LogP) is 3.04. The van der Waals surface area contributed by atoms with Crippen molar-refractivity contribution < 1.29 is 0 Å². The highest BCUT2D eigenvalue weighted by Gasteiger charge is 2.25. The molecule has 118 valence electrons. The average Bonchev–Trinajstić information content (AvgIpc) is 2.54. The van der Waals surface area contributed by atoms with Crippen molar-refractivity contribution in [1.29, 1.82) is 0 Å². The largest absolute Gasteiger partial charge is 0.356 e. The summed E-state index contributed by atoms with van der Waals surface area (Å²) in [5, 5.41) is 0. The van der Waals surface area contributed by atoms with Gasteiger partial charge >= 0.3 is 0 Å². The van der Waals surface area contributed by atoms with Crippen LogP contribution in [-0.2, 0) is 6.42 Å². The number of nitrogens with zero attached hydrogens (tertiary/aromatic N) is 3. The second-order valence-corrected chi connectivity index (χ2v) is 6.13. The van der Waals surface area contributed by atoms with Crippen molar-refractivity contribution in [2.45, 2.75) is 65.3 Å². The zero-order valence-electron chi connectivity index (χ0n) is 13.8. The summed E-state index contributed by atoms with van der Waals surface area (Å²) in [5.41, 5.74) is 3.74. The number of hydrazine groups is 1. The molecule has 0 atom stereocenters. The summed E-state index contributed by atoms with van der Waals surface area (Å²) >= 11 is 0. The SMILES string of the molecule is CCc1nc(NN)c(C)c(N(C)C2CCC(CC)CC2)n1. The summed E-state index contributed by atoms with van der Waals surface area (Å²) in [4.78, 5) is 11.5. The number of aryl methyl sites for hydroxylation is 1. The summed E-state index contributed by atoms with van der Waals surface area (Å²) in [6.45, 7) is 6.41. The zero-order valence-corrected chi connectivity index (χ0v) is 13.8. The summed E-state index contributed by atoms with van der Waals surface area (Å²) < 4.78 is 0. The standard InChI is InChI=1S/C16H29N5/c1-5-12-7-9-13(10-8-12)21(4)16-11(3)15(20-17)18-14(6-2)19-16/h12-13H,5-10,17H2,1-4H3,(H,18,19,20). The van der Waals surface area contributed by atoms with Gasteiger partial charge in [0.1, 0.15) is 17.5 Å². The summed E-state index contributed by atoms with van der Waals surface area (Å²) in [6.07, 6.45) is 7.30. The number of hydrogen-bond donors (Lipinski definition) is 2. The first-order chi connectivity index (χ1) is 10.1. The van der Waals surface area contributed by atoms with Gasteiger partial charge in [0, 0.05) is 25.1 Å². The maximum Gasteiger partial charge on any atom is 0.148 e. The van der Waals surface area contributed by atoms with Crippen LogP contribution >= 0.6 is 0 Å². The number of hydrogen-bond acceptors (Lipinski definition) is 5. The number of rotatable bonds is 5. The zero-order chi connectivity index (χ0) is 15.4. The first-order valence-corrected chi connectivity index (χ1v) is 8.17. The van der Waals surface area contributed by atoms with E-state index in [-0.39, 0.29) is 0 Å². The molecule has 0 saturated heterocycles. The number of anilines is 2. The second kappa shape index (κ2) is 7.07. The molecule has 0 bridgehead atoms. The average molecular weight is 291 g/mol. The van der Waals surface area contributed by atoms with E-state index in [0.29, 0.717) is 6.04 Å². The molecule has 1 saturated carbocycles. The molecule has 2 rings (SSSR count). The van der Waals surface area contributed by atoms with E-state index < -0.39 is 0 Å². The van der Waals surface area contributed by atoms with Crippen molar-refractivity contribution in [3.63, 3.8) is 0 Å². The van der Waals surface area contributed by atoms with Crippen LogP contribution in [0, 0.1) is 12.8 Å². The van der Waals surface area contributed by atoms with Crippen LogP contribution in [0.4, 0.5) is 11.6 Å². The molecule has 0 aromatic carbocycles. The molecule has 21 heavy (non-hydrogen) atoms. The van der Waals surface area contributed by atoms with Crippen LogP contribution in [-0.4, -0.2) is 23.1 Å². The normalized spacial score (nSPS) is 22.1. The third-order valence-corrected chi connectivity index (χ3v) is 4.89. The molecule has 1 fully saturated rings. The van der Waals surface area contributed by atoms with Crippen LogP contribution in [0.2, 0.25) is 0 Å². The minimum atomic E-state index is 0.580. The van der Waals surface area contributed by atoms with Gasteiger partial charge in [-0.15, -0.1) is 0 Å². The van der Waals surface area contributed by atoms with E-state index in [1.54, 1.807) is 0 Å². The van der Waals surface area contributed by atoms with E-state index in [4.69, 9.17) is 10.8 Å². The molecule has 5 heteroatoms. The molecule has 0 aliphatic heterocycles. The highest BCUT2D eigenvalue weighted by molar-refractivity contribution is 5.58. The molecule has 1 aromatic heterocycles. The summed E-state index contributed by atoms with van der Waals surface area (Å²) in [6, 6.07) is 0.580. The van der Waals surface area contributed by atoms with Crippen molar-refractivity contribution >= 4 is 11.6 Å². The van der Waals surface area contributed by atoms with Gasteiger partial charge < -0.3 is 10.3 Å². The van der Waals surface area contributed by atoms with E-state index in [9.17, 15) is 0 Å². The number of nitrogens with two attached hydrogens (primary N) is 1. The highest BCUT2D eigenvalue weighted by Crippen LogP contribution is 2.32. The third-order valence-electron chi connectivity index (χ3n) is 4.89. The van der Waals surface area contributed by atoms with Gasteiger partial charge in [-0.05, 0) is 38.5 Å². The minimum absolute atomic E-state index is 0.580. The second-order valence-electron chi connectivity index (χ2n) is 6.13. The Morgan fingerprint density at radius 2 is 1.86 bits per heavy atom. The molecule has 0 radical (unpaired) electrons. The van der Waals surface area contributed by atoms with Gasteiger partial charge in [0.05, 0.1) is 0 Å². The number of nitrogen functional groups attached to an aromatic ring is 1. The Balaban J connectivity index is 2.20. The minimum Gasteiger partial charge on any atom is -0.356 e. The van der Waals surface area contributed by atoms with Crippen LogP contribution in [0.3, 0.4) is 0 Å². The van der Waals surface area contributed by atoms with Crippen LogP contribution in [0.1, 0.15) is 57.3 Å². The molecule has 3 N–H and O–H groups in total. The van der Waals surface area contributed by atoms with Crippen LogP contribution in [0.5, 0.6) is 0 Å². The number of aromatic nitrogens is 2. The molecule has 1 aliphatic carbocycles. The number of nitrogens with one attached hydrogen (secondary N) is 1. The molecule has 0 spiro atoms. The Morgan fingerprint density at radius 3 is 2.38 bits per heavy atom. The van der Waals surface area contributed by atoms with Gasteiger partial charge in [0.25, 0.3) is 0 Å². The molecule has 5 nitrogen and oxygen atoms in total. The van der Waals surface area contributed by atoms with Gasteiger partial charge in [-0.2, -0.15) is 0 Å². The van der Waals surface area contributed by atoms with Crippen LogP contribution in [0.25, 0.3) is 0 Å². The Bertz CT molecular complexity index is 466. The fourth-order valence-electron chi connectivity index (χ4n) is 3.31. The van der Waals surface area contributed by atoms with Gasteiger partial charge in [0.15, 0.2) is 0 Å². The van der Waals surface area contributed by atoms with Crippen molar-refractivity contribution in [2.24, 2.45) is 11.8 Å². The Kier molecular flexibility index (Phi) is 5.39. The van der Waals surface area contributed by atoms with E-state index in [1.165, 1.54) is 32.1 Å². The van der Waals surface area contributed by atoms with Crippen LogP contribution < -0.4 is 16.2 Å². The van der Waals surface area contributed by atoms with E-state index in [1.807, 2.05) is 6.92 Å². The molecule has 1 aliphatic rings. The maximum atomic E-state index is 5.60. The lowest BCUT2D eigenvalue weighted by Crippen LogP contribution is -2.36. The van der Waals surface area contributed by atoms with E-state index in [2.05, 4.69) is 36.2 Å². The lowest BCUT2D eigenvalue weighted by Gasteiger charge is -2.36. The van der Waals surface area contributed by atoms with E-state index in [0.717, 1.165) is 35.4 Å². The maximum absolute atomic E-state index is 5.60. The molecular weight excluding hydrogens is 262 g/mol. The quantitative estimate of drug-likeness (QED) is 0.645. The highest BCUT2D eigenvalue weighted by atomic mass is 15.3. The monoisotopic (exact) mass is 291 g/mol. The third kappa shape index (κ3) is 3.46. The Morgan fingerprint density at radius 1 is 1.19 bits per heavy atom. The smallest absolute Gasteiger partial charge is 0.148 e. The fraction of sp³-hybridized carbons (Fsp3) is 0.750. The van der Waals surface area contributed by atoms with Crippen molar-refractivity contribution in [2.75, 3.05) is 17.4 Å². The first kappa shape index (κ1) is 16.0. The summed E-state index contributed by atoms with van der Waals surface area (Å²) in [7, 11) is 2.16. The predicted molar refractivity (Wildman–Crippen MR) is 88.4 cm³/mol. The van der Waals surface area contributed by atoms with Gasteiger partial charge in [-0.25, -0.2) is 15.8 Å². The summed E-state index contributed by atoms with van der Waals surface area (Å²) in [5.74, 6) is 9.12. The lowest BCUT2D eigenvalue weighted by atomic mass is 9.84. The first-order valence-electron chi connectivity index (χ1n) is 8.17. The topological polar surface area (TPSA) is 67.1 Å². The van der Waals surface area contributed by atoms with Crippen molar-refractivity contribution in [1.82, 2.24) is 9.97 Å². The van der Waals surface area contributed by atoms with Gasteiger partial charge in [0.2, 0.25) is 0 Å². The Hall–Kier alpha value is -1.36. The van der Waals surface area contributed by atoms with Gasteiger partial charge in [-0.3, -0.25) is 0 Å². The fourth-order valence-corrected chi connectivity index (χ4v) is 3.31. The van der Waals surface area contributed by atoms with Crippen molar-refractivity contribution in [3.8, 4) is 0 Å². The molecule has 1 heterocycles. The molecule has 0 unspecified atom stereocenters. The molecule has 0 amide bonds. The lowest BCUT2D eigenvalue weighted by molar-refractivity contribution is 0.312. The van der Waals surface area contributed by atoms with E-state index >= 15 is 0 Å². The molecular formula is C16H29N5. The van der Waals surface area contributed by atoms with Crippen molar-refractivity contribution in [3.05, 3.63) is 11.4 Å².